The second-order valence-electron chi connectivity index (χ2n) is 11.5. The summed E-state index contributed by atoms with van der Waals surface area (Å²) in [6.45, 7) is 8.98. The molecule has 0 saturated carbocycles. The van der Waals surface area contributed by atoms with Crippen LogP contribution in [0, 0.1) is 11.7 Å². The number of pyridine rings is 1. The van der Waals surface area contributed by atoms with Gasteiger partial charge in [-0.3, -0.25) is 4.79 Å². The van der Waals surface area contributed by atoms with Crippen molar-refractivity contribution >= 4 is 34.0 Å². The van der Waals surface area contributed by atoms with E-state index in [1.807, 2.05) is 33.8 Å². The summed E-state index contributed by atoms with van der Waals surface area (Å²) in [4.78, 5) is 31.6. The van der Waals surface area contributed by atoms with Crippen molar-refractivity contribution in [2.75, 3.05) is 26.7 Å². The average Bonchev–Trinajstić information content (AvgIpc) is 3.32. The third-order valence-corrected chi connectivity index (χ3v) is 8.22. The number of amides is 2. The van der Waals surface area contributed by atoms with Gasteiger partial charge in [0, 0.05) is 32.2 Å². The highest BCUT2D eigenvalue weighted by Gasteiger charge is 2.28. The molecule has 1 aliphatic heterocycles. The molecule has 3 heterocycles. The Balaban J connectivity index is 1.52. The number of furan rings is 1. The molecule has 0 unspecified atom stereocenters. The van der Waals surface area contributed by atoms with Gasteiger partial charge in [0.15, 0.2) is 0 Å². The molecule has 4 rings (SSSR count). The first-order valence-corrected chi connectivity index (χ1v) is 15.3. The Morgan fingerprint density at radius 3 is 2.43 bits per heavy atom. The highest BCUT2D eigenvalue weighted by Crippen LogP contribution is 2.34. The molecule has 1 aliphatic rings. The zero-order valence-electron chi connectivity index (χ0n) is 24.7. The van der Waals surface area contributed by atoms with Crippen molar-refractivity contribution in [3.8, 4) is 11.3 Å². The summed E-state index contributed by atoms with van der Waals surface area (Å²) in [6, 6.07) is 7.46. The number of ether oxygens (including phenoxy) is 1. The van der Waals surface area contributed by atoms with E-state index >= 15 is 0 Å². The molecular weight excluding hydrogens is 563 g/mol. The first kappa shape index (κ1) is 31.4. The van der Waals surface area contributed by atoms with Gasteiger partial charge in [0.05, 0.1) is 23.2 Å². The van der Waals surface area contributed by atoms with Gasteiger partial charge in [-0.2, -0.15) is 4.31 Å². The van der Waals surface area contributed by atoms with E-state index in [1.54, 1.807) is 4.90 Å². The van der Waals surface area contributed by atoms with Gasteiger partial charge in [-0.1, -0.05) is 6.92 Å². The number of aromatic nitrogens is 1. The van der Waals surface area contributed by atoms with Crippen LogP contribution in [0.4, 0.5) is 9.18 Å². The van der Waals surface area contributed by atoms with E-state index in [-0.39, 0.29) is 41.5 Å². The van der Waals surface area contributed by atoms with Crippen LogP contribution in [0.3, 0.4) is 0 Å². The zero-order valence-corrected chi connectivity index (χ0v) is 25.6. The van der Waals surface area contributed by atoms with Crippen LogP contribution in [-0.4, -0.2) is 66.9 Å². The van der Waals surface area contributed by atoms with Gasteiger partial charge < -0.3 is 19.4 Å². The van der Waals surface area contributed by atoms with E-state index in [4.69, 9.17) is 9.15 Å². The Kier molecular flexibility index (Phi) is 9.88. The normalized spacial score (nSPS) is 14.6. The number of benzene rings is 1. The monoisotopic (exact) mass is 602 g/mol. The van der Waals surface area contributed by atoms with Crippen molar-refractivity contribution in [1.82, 2.24) is 19.5 Å². The van der Waals surface area contributed by atoms with E-state index in [0.717, 1.165) is 18.4 Å². The molecule has 0 bridgehead atoms. The Morgan fingerprint density at radius 2 is 1.86 bits per heavy atom. The zero-order chi connectivity index (χ0) is 30.6. The lowest BCUT2D eigenvalue weighted by Crippen LogP contribution is -2.42. The molecule has 1 N–H and O–H groups in total. The number of nitrogens with zero attached hydrogens (tertiary/aromatic N) is 3. The Morgan fingerprint density at radius 1 is 1.19 bits per heavy atom. The fraction of sp³-hybridized carbons (Fsp3) is 0.500. The average molecular weight is 603 g/mol. The minimum absolute atomic E-state index is 0.0659. The van der Waals surface area contributed by atoms with Crippen molar-refractivity contribution in [3.05, 3.63) is 53.0 Å². The Labute approximate surface area is 247 Å². The van der Waals surface area contributed by atoms with Crippen LogP contribution in [0.25, 0.3) is 22.4 Å². The number of fused-ring (bicyclic) bond motifs is 1. The van der Waals surface area contributed by atoms with Crippen LogP contribution in [0.1, 0.15) is 68.6 Å². The number of carbonyl (C=O) groups excluding carboxylic acids is 2. The highest BCUT2D eigenvalue weighted by molar-refractivity contribution is 7.69. The summed E-state index contributed by atoms with van der Waals surface area (Å²) in [7, 11) is -1.37. The topological polar surface area (TPSA) is 122 Å². The van der Waals surface area contributed by atoms with Crippen molar-refractivity contribution in [3.63, 3.8) is 0 Å². The van der Waals surface area contributed by atoms with Crippen molar-refractivity contribution < 1.29 is 31.6 Å². The summed E-state index contributed by atoms with van der Waals surface area (Å²) in [5, 5.41) is 3.13. The first-order chi connectivity index (χ1) is 19.9. The maximum Gasteiger partial charge on any atom is 0.410 e. The lowest BCUT2D eigenvalue weighted by molar-refractivity contribution is 0.0180. The van der Waals surface area contributed by atoms with Gasteiger partial charge in [0.25, 0.3) is 5.91 Å². The minimum Gasteiger partial charge on any atom is -0.444 e. The second kappa shape index (κ2) is 13.2. The largest absolute Gasteiger partial charge is 0.444 e. The molecule has 2 aromatic heterocycles. The van der Waals surface area contributed by atoms with Gasteiger partial charge in [-0.25, -0.2) is 22.6 Å². The molecule has 0 atom stereocenters. The SMILES string of the molecule is CCc1cc2c(C(=O)NC)c(-c3ccc(F)cc3)oc2nc1CN(CCC1CCN(C(=O)OC(C)(C)C)CC1)[SH](=O)=O. The van der Waals surface area contributed by atoms with Crippen LogP contribution >= 0.6 is 0 Å². The van der Waals surface area contributed by atoms with E-state index in [1.165, 1.54) is 35.6 Å². The number of thiol groups is 1. The summed E-state index contributed by atoms with van der Waals surface area (Å²) in [6.07, 6.45) is 2.45. The van der Waals surface area contributed by atoms with Gasteiger partial charge in [-0.05, 0) is 88.3 Å². The van der Waals surface area contributed by atoms with Gasteiger partial charge in [-0.15, -0.1) is 0 Å². The summed E-state index contributed by atoms with van der Waals surface area (Å²) < 4.78 is 51.0. The van der Waals surface area contributed by atoms with Crippen LogP contribution in [0.2, 0.25) is 0 Å². The standard InChI is InChI=1S/C30H39FN4O6S/c1-6-20-17-23-25(27(36)32-5)26(21-7-9-22(31)10-8-21)40-28(23)33-24(20)18-35(42(38)39)16-13-19-11-14-34(15-12-19)29(37)41-30(2,3)4/h7-10,17,19,42H,6,11-16,18H2,1-5H3,(H,32,36). The van der Waals surface area contributed by atoms with Crippen LogP contribution < -0.4 is 5.32 Å². The van der Waals surface area contributed by atoms with Crippen LogP contribution in [0.15, 0.2) is 34.7 Å². The number of hydrogen-bond donors (Lipinski definition) is 2. The lowest BCUT2D eigenvalue weighted by atomic mass is 9.94. The number of aryl methyl sites for hydroxylation is 1. The van der Waals surface area contributed by atoms with Crippen LogP contribution in [-0.2, 0) is 28.6 Å². The molecule has 10 nitrogen and oxygen atoms in total. The number of likely N-dealkylation sites (tertiary alicyclic amines) is 1. The number of nitrogens with one attached hydrogen (secondary N) is 1. The summed E-state index contributed by atoms with van der Waals surface area (Å²) >= 11 is 0. The molecule has 1 fully saturated rings. The molecule has 42 heavy (non-hydrogen) atoms. The maximum absolute atomic E-state index is 13.6. The molecule has 1 saturated heterocycles. The molecule has 0 aliphatic carbocycles. The molecule has 3 aromatic rings. The van der Waals surface area contributed by atoms with Crippen molar-refractivity contribution in [2.24, 2.45) is 5.92 Å². The first-order valence-electron chi connectivity index (χ1n) is 14.2. The van der Waals surface area contributed by atoms with Gasteiger partial charge in [0.1, 0.15) is 17.2 Å². The molecule has 1 aromatic carbocycles. The summed E-state index contributed by atoms with van der Waals surface area (Å²) in [5.41, 5.74) is 1.81. The highest BCUT2D eigenvalue weighted by atomic mass is 32.2. The second-order valence-corrected chi connectivity index (χ2v) is 12.6. The Hall–Kier alpha value is -3.51. The predicted octanol–water partition coefficient (Wildman–Crippen LogP) is 4.92. The quantitative estimate of drug-likeness (QED) is 0.334. The number of carbonyl (C=O) groups is 2. The number of rotatable bonds is 9. The fourth-order valence-electron chi connectivity index (χ4n) is 5.15. The van der Waals surface area contributed by atoms with Crippen molar-refractivity contribution in [2.45, 2.75) is 65.5 Å². The lowest BCUT2D eigenvalue weighted by Gasteiger charge is -2.33. The molecular formula is C30H39FN4O6S. The predicted molar refractivity (Wildman–Crippen MR) is 158 cm³/mol. The van der Waals surface area contributed by atoms with E-state index in [0.29, 0.717) is 49.1 Å². The minimum atomic E-state index is -2.88. The Bertz CT molecular complexity index is 1500. The molecule has 12 heteroatoms. The molecule has 2 amide bonds. The molecule has 0 spiro atoms. The summed E-state index contributed by atoms with van der Waals surface area (Å²) in [5.74, 6) is -0.238. The fourth-order valence-corrected chi connectivity index (χ4v) is 5.68. The van der Waals surface area contributed by atoms with Gasteiger partial charge >= 0.3 is 6.09 Å². The number of halogens is 1. The third-order valence-electron chi connectivity index (χ3n) is 7.42. The van der Waals surface area contributed by atoms with Crippen LogP contribution in [0.5, 0.6) is 0 Å². The van der Waals surface area contributed by atoms with Crippen molar-refractivity contribution in [1.29, 1.82) is 0 Å². The number of hydrogen-bond acceptors (Lipinski definition) is 7. The van der Waals surface area contributed by atoms with E-state index in [9.17, 15) is 22.4 Å². The van der Waals surface area contributed by atoms with E-state index in [2.05, 4.69) is 10.3 Å². The smallest absolute Gasteiger partial charge is 0.410 e. The third kappa shape index (κ3) is 7.46. The molecule has 228 valence electrons. The maximum atomic E-state index is 13.6. The van der Waals surface area contributed by atoms with Gasteiger partial charge in [0.2, 0.25) is 16.6 Å². The van der Waals surface area contributed by atoms with E-state index < -0.39 is 22.3 Å². The number of piperidine rings is 1. The molecule has 0 radical (unpaired) electrons.